The first-order valence-corrected chi connectivity index (χ1v) is 7.79. The molecule has 21 heavy (non-hydrogen) atoms. The van der Waals surface area contributed by atoms with Crippen molar-refractivity contribution >= 4 is 22.7 Å². The molecule has 5 heteroatoms. The first-order valence-electron chi connectivity index (χ1n) is 6.81. The minimum absolute atomic E-state index is 0.0248. The van der Waals surface area contributed by atoms with Crippen LogP contribution in [0, 0.1) is 0 Å². The molecule has 0 radical (unpaired) electrons. The van der Waals surface area contributed by atoms with Crippen molar-refractivity contribution in [1.82, 2.24) is 14.5 Å². The third-order valence-corrected chi connectivity index (χ3v) is 4.28. The molecule has 0 fully saturated rings. The summed E-state index contributed by atoms with van der Waals surface area (Å²) in [6.45, 7) is 2.58. The fourth-order valence-electron chi connectivity index (χ4n) is 2.17. The second-order valence-electron chi connectivity index (χ2n) is 4.61. The van der Waals surface area contributed by atoms with Gasteiger partial charge in [0.05, 0.1) is 10.9 Å². The zero-order valence-electron chi connectivity index (χ0n) is 11.7. The van der Waals surface area contributed by atoms with Gasteiger partial charge in [-0.2, -0.15) is 0 Å². The van der Waals surface area contributed by atoms with E-state index >= 15 is 0 Å². The number of hydrogen-bond donors (Lipinski definition) is 0. The van der Waals surface area contributed by atoms with Crippen LogP contribution >= 0.6 is 11.8 Å². The molecule has 0 bridgehead atoms. The Morgan fingerprint density at radius 3 is 2.81 bits per heavy atom. The zero-order valence-corrected chi connectivity index (χ0v) is 12.5. The predicted octanol–water partition coefficient (Wildman–Crippen LogP) is 3.10. The molecule has 0 saturated carbocycles. The molecule has 2 aromatic heterocycles. The number of benzene rings is 1. The number of para-hydroxylation sites is 1. The zero-order chi connectivity index (χ0) is 14.7. The van der Waals surface area contributed by atoms with Crippen LogP contribution in [0.5, 0.6) is 0 Å². The maximum atomic E-state index is 12.5. The highest BCUT2D eigenvalue weighted by Crippen LogP contribution is 2.21. The van der Waals surface area contributed by atoms with Crippen molar-refractivity contribution in [2.45, 2.75) is 24.4 Å². The second-order valence-corrected chi connectivity index (χ2v) is 5.55. The molecular formula is C16H15N3OS. The van der Waals surface area contributed by atoms with Crippen molar-refractivity contribution in [3.8, 4) is 0 Å². The highest BCUT2D eigenvalue weighted by molar-refractivity contribution is 7.98. The molecule has 106 valence electrons. The Kier molecular flexibility index (Phi) is 4.01. The van der Waals surface area contributed by atoms with E-state index in [0.29, 0.717) is 11.9 Å². The van der Waals surface area contributed by atoms with Gasteiger partial charge in [-0.1, -0.05) is 30.0 Å². The van der Waals surface area contributed by atoms with E-state index in [0.717, 1.165) is 22.0 Å². The molecule has 1 aromatic carbocycles. The highest BCUT2D eigenvalue weighted by atomic mass is 32.2. The van der Waals surface area contributed by atoms with Gasteiger partial charge in [-0.25, -0.2) is 4.98 Å². The lowest BCUT2D eigenvalue weighted by Gasteiger charge is -2.10. The molecule has 3 aromatic rings. The minimum Gasteiger partial charge on any atom is -0.287 e. The molecule has 4 nitrogen and oxygen atoms in total. The summed E-state index contributed by atoms with van der Waals surface area (Å²) >= 11 is 1.57. The summed E-state index contributed by atoms with van der Waals surface area (Å²) < 4.78 is 1.73. The molecule has 0 aliphatic rings. The van der Waals surface area contributed by atoms with Crippen LogP contribution in [0.2, 0.25) is 0 Å². The fraction of sp³-hybridized carbons (Fsp3) is 0.188. The van der Waals surface area contributed by atoms with Gasteiger partial charge in [0.25, 0.3) is 5.56 Å². The number of rotatable bonds is 4. The number of pyridine rings is 1. The summed E-state index contributed by atoms with van der Waals surface area (Å²) in [5, 5.41) is 1.43. The number of nitrogens with zero attached hydrogens (tertiary/aromatic N) is 3. The monoisotopic (exact) mass is 297 g/mol. The van der Waals surface area contributed by atoms with E-state index in [2.05, 4.69) is 9.97 Å². The molecular weight excluding hydrogens is 282 g/mol. The normalized spacial score (nSPS) is 10.9. The maximum absolute atomic E-state index is 12.5. The van der Waals surface area contributed by atoms with Crippen LogP contribution in [0.4, 0.5) is 0 Å². The predicted molar refractivity (Wildman–Crippen MR) is 85.5 cm³/mol. The summed E-state index contributed by atoms with van der Waals surface area (Å²) in [4.78, 5) is 21.2. The van der Waals surface area contributed by atoms with Gasteiger partial charge in [-0.05, 0) is 30.7 Å². The van der Waals surface area contributed by atoms with E-state index in [9.17, 15) is 4.79 Å². The fourth-order valence-corrected chi connectivity index (χ4v) is 3.17. The van der Waals surface area contributed by atoms with E-state index in [-0.39, 0.29) is 5.56 Å². The number of thioether (sulfide) groups is 1. The molecule has 3 rings (SSSR count). The minimum atomic E-state index is 0.0248. The topological polar surface area (TPSA) is 47.8 Å². The standard InChI is InChI=1S/C16H15N3OS/c1-2-19-15(20)13-7-3-4-8-14(13)18-16(19)21-11-12-6-5-9-17-10-12/h3-10H,2,11H2,1H3. The summed E-state index contributed by atoms with van der Waals surface area (Å²) in [6.07, 6.45) is 3.59. The van der Waals surface area contributed by atoms with Crippen molar-refractivity contribution in [1.29, 1.82) is 0 Å². The van der Waals surface area contributed by atoms with Crippen LogP contribution < -0.4 is 5.56 Å². The van der Waals surface area contributed by atoms with E-state index in [4.69, 9.17) is 0 Å². The Labute approximate surface area is 126 Å². The molecule has 0 aliphatic carbocycles. The maximum Gasteiger partial charge on any atom is 0.262 e. The van der Waals surface area contributed by atoms with Gasteiger partial charge in [-0.15, -0.1) is 0 Å². The number of fused-ring (bicyclic) bond motifs is 1. The first-order chi connectivity index (χ1) is 10.3. The Balaban J connectivity index is 1.99. The summed E-state index contributed by atoms with van der Waals surface area (Å²) in [6, 6.07) is 11.4. The van der Waals surface area contributed by atoms with Crippen molar-refractivity contribution in [3.63, 3.8) is 0 Å². The van der Waals surface area contributed by atoms with Gasteiger partial charge < -0.3 is 0 Å². The number of hydrogen-bond acceptors (Lipinski definition) is 4. The second kappa shape index (κ2) is 6.10. The van der Waals surface area contributed by atoms with Crippen molar-refractivity contribution < 1.29 is 0 Å². The lowest BCUT2D eigenvalue weighted by Crippen LogP contribution is -2.22. The molecule has 2 heterocycles. The van der Waals surface area contributed by atoms with E-state index in [1.807, 2.05) is 49.5 Å². The van der Waals surface area contributed by atoms with Gasteiger partial charge in [0, 0.05) is 24.7 Å². The molecule has 0 aliphatic heterocycles. The Morgan fingerprint density at radius 1 is 1.19 bits per heavy atom. The van der Waals surface area contributed by atoms with Crippen LogP contribution in [0.15, 0.2) is 58.7 Å². The number of aromatic nitrogens is 3. The average Bonchev–Trinajstić information content (AvgIpc) is 2.54. The van der Waals surface area contributed by atoms with Crippen molar-refractivity contribution in [2.75, 3.05) is 0 Å². The largest absolute Gasteiger partial charge is 0.287 e. The van der Waals surface area contributed by atoms with Crippen LogP contribution in [0.1, 0.15) is 12.5 Å². The molecule has 0 unspecified atom stereocenters. The lowest BCUT2D eigenvalue weighted by molar-refractivity contribution is 0.634. The first kappa shape index (κ1) is 13.8. The van der Waals surface area contributed by atoms with E-state index < -0.39 is 0 Å². The van der Waals surface area contributed by atoms with Gasteiger partial charge in [0.15, 0.2) is 5.16 Å². The van der Waals surface area contributed by atoms with E-state index in [1.54, 1.807) is 22.5 Å². The quantitative estimate of drug-likeness (QED) is 0.548. The average molecular weight is 297 g/mol. The van der Waals surface area contributed by atoms with Gasteiger partial charge in [-0.3, -0.25) is 14.3 Å². The Bertz CT molecular complexity index is 815. The summed E-state index contributed by atoms with van der Waals surface area (Å²) in [7, 11) is 0. The van der Waals surface area contributed by atoms with Crippen LogP contribution in [0.25, 0.3) is 10.9 Å². The summed E-state index contributed by atoms with van der Waals surface area (Å²) in [5.41, 5.74) is 1.89. The van der Waals surface area contributed by atoms with Crippen LogP contribution in [-0.4, -0.2) is 14.5 Å². The molecule has 0 atom stereocenters. The summed E-state index contributed by atoms with van der Waals surface area (Å²) in [5.74, 6) is 0.749. The van der Waals surface area contributed by atoms with Gasteiger partial charge in [0.1, 0.15) is 0 Å². The smallest absolute Gasteiger partial charge is 0.262 e. The Hall–Kier alpha value is -2.14. The van der Waals surface area contributed by atoms with E-state index in [1.165, 1.54) is 0 Å². The van der Waals surface area contributed by atoms with Crippen molar-refractivity contribution in [2.24, 2.45) is 0 Å². The lowest BCUT2D eigenvalue weighted by atomic mass is 10.2. The highest BCUT2D eigenvalue weighted by Gasteiger charge is 2.10. The molecule has 0 saturated heterocycles. The third kappa shape index (κ3) is 2.83. The molecule has 0 amide bonds. The van der Waals surface area contributed by atoms with Gasteiger partial charge >= 0.3 is 0 Å². The van der Waals surface area contributed by atoms with Crippen LogP contribution in [0.3, 0.4) is 0 Å². The van der Waals surface area contributed by atoms with Crippen LogP contribution in [-0.2, 0) is 12.3 Å². The molecule has 0 spiro atoms. The van der Waals surface area contributed by atoms with Crippen molar-refractivity contribution in [3.05, 3.63) is 64.7 Å². The SMILES string of the molecule is CCn1c(SCc2cccnc2)nc2ccccc2c1=O. The Morgan fingerprint density at radius 2 is 2.05 bits per heavy atom. The third-order valence-electron chi connectivity index (χ3n) is 3.23. The van der Waals surface area contributed by atoms with Gasteiger partial charge in [0.2, 0.25) is 0 Å². The molecule has 0 N–H and O–H groups in total.